The van der Waals surface area contributed by atoms with Crippen LogP contribution in [0.5, 0.6) is 11.5 Å². The zero-order chi connectivity index (χ0) is 18.0. The van der Waals surface area contributed by atoms with Crippen LogP contribution in [0, 0.1) is 0 Å². The molecular formula is C19H17NO3S2. The zero-order valence-corrected chi connectivity index (χ0v) is 15.5. The van der Waals surface area contributed by atoms with E-state index in [1.54, 1.807) is 24.3 Å². The normalized spacial score (nSPS) is 15.9. The summed E-state index contributed by atoms with van der Waals surface area (Å²) in [5.41, 5.74) is 2.46. The first-order chi connectivity index (χ1) is 12.0. The molecule has 1 amide bonds. The number of aromatic hydroxyl groups is 1. The van der Waals surface area contributed by atoms with Crippen LogP contribution in [0.3, 0.4) is 0 Å². The smallest absolute Gasteiger partial charge is 0.270 e. The van der Waals surface area contributed by atoms with E-state index >= 15 is 0 Å². The summed E-state index contributed by atoms with van der Waals surface area (Å²) >= 11 is 6.60. The van der Waals surface area contributed by atoms with Crippen LogP contribution in [0.15, 0.2) is 47.4 Å². The Labute approximate surface area is 156 Å². The lowest BCUT2D eigenvalue weighted by Gasteiger charge is -2.14. The number of benzene rings is 2. The van der Waals surface area contributed by atoms with Crippen LogP contribution in [-0.2, 0) is 11.2 Å². The molecule has 0 spiro atoms. The van der Waals surface area contributed by atoms with Crippen LogP contribution in [0.4, 0.5) is 5.69 Å². The van der Waals surface area contributed by atoms with Gasteiger partial charge in [0, 0.05) is 5.56 Å². The molecule has 0 aromatic heterocycles. The topological polar surface area (TPSA) is 49.8 Å². The van der Waals surface area contributed by atoms with Crippen molar-refractivity contribution < 1.29 is 14.6 Å². The van der Waals surface area contributed by atoms with Crippen molar-refractivity contribution in [2.24, 2.45) is 0 Å². The standard InChI is InChI=1S/C19H17NO3S2/c1-3-12-7-9-14(10-8-12)20-18(22)16(25-19(20)24)11-13-5-4-6-15(23-2)17(13)21/h4-11,21H,3H2,1-2H3/b16-11-. The number of anilines is 1. The average molecular weight is 371 g/mol. The molecule has 1 fully saturated rings. The zero-order valence-electron chi connectivity index (χ0n) is 13.9. The van der Waals surface area contributed by atoms with Gasteiger partial charge in [-0.1, -0.05) is 55.2 Å². The minimum atomic E-state index is -0.193. The maximum atomic E-state index is 12.8. The molecule has 2 aromatic rings. The minimum Gasteiger partial charge on any atom is -0.504 e. The van der Waals surface area contributed by atoms with E-state index in [0.717, 1.165) is 12.1 Å². The monoisotopic (exact) mass is 371 g/mol. The van der Waals surface area contributed by atoms with Crippen molar-refractivity contribution in [3.8, 4) is 11.5 Å². The van der Waals surface area contributed by atoms with Gasteiger partial charge in [-0.2, -0.15) is 0 Å². The number of phenols is 1. The fourth-order valence-electron chi connectivity index (χ4n) is 2.53. The SMILES string of the molecule is CCc1ccc(N2C(=O)/C(=C/c3cccc(OC)c3O)SC2=S)cc1. The molecule has 25 heavy (non-hydrogen) atoms. The van der Waals surface area contributed by atoms with Gasteiger partial charge >= 0.3 is 0 Å². The Kier molecular flexibility index (Phi) is 5.11. The lowest BCUT2D eigenvalue weighted by Crippen LogP contribution is -2.27. The summed E-state index contributed by atoms with van der Waals surface area (Å²) in [6, 6.07) is 12.9. The van der Waals surface area contributed by atoms with Gasteiger partial charge in [-0.15, -0.1) is 0 Å². The second-order valence-corrected chi connectivity index (χ2v) is 7.11. The molecule has 0 unspecified atom stereocenters. The predicted octanol–water partition coefficient (Wildman–Crippen LogP) is 4.37. The molecule has 2 aromatic carbocycles. The number of rotatable bonds is 4. The van der Waals surface area contributed by atoms with Gasteiger partial charge in [0.25, 0.3) is 5.91 Å². The van der Waals surface area contributed by atoms with Crippen molar-refractivity contribution in [3.05, 3.63) is 58.5 Å². The Morgan fingerprint density at radius 1 is 1.24 bits per heavy atom. The van der Waals surface area contributed by atoms with E-state index in [-0.39, 0.29) is 11.7 Å². The first-order valence-electron chi connectivity index (χ1n) is 7.78. The second-order valence-electron chi connectivity index (χ2n) is 5.44. The lowest BCUT2D eigenvalue weighted by atomic mass is 10.1. The van der Waals surface area contributed by atoms with Crippen LogP contribution in [0.1, 0.15) is 18.1 Å². The van der Waals surface area contributed by atoms with E-state index < -0.39 is 0 Å². The molecular weight excluding hydrogens is 354 g/mol. The van der Waals surface area contributed by atoms with Gasteiger partial charge in [-0.05, 0) is 36.3 Å². The van der Waals surface area contributed by atoms with Gasteiger partial charge in [0.05, 0.1) is 17.7 Å². The van der Waals surface area contributed by atoms with Gasteiger partial charge in [0.2, 0.25) is 0 Å². The van der Waals surface area contributed by atoms with Crippen LogP contribution in [0.25, 0.3) is 6.08 Å². The van der Waals surface area contributed by atoms with Crippen molar-refractivity contribution in [1.82, 2.24) is 0 Å². The lowest BCUT2D eigenvalue weighted by molar-refractivity contribution is -0.113. The van der Waals surface area contributed by atoms with E-state index in [0.29, 0.717) is 20.5 Å². The summed E-state index contributed by atoms with van der Waals surface area (Å²) < 4.78 is 5.58. The highest BCUT2D eigenvalue weighted by Gasteiger charge is 2.33. The molecule has 1 saturated heterocycles. The van der Waals surface area contributed by atoms with Gasteiger partial charge in [-0.3, -0.25) is 9.69 Å². The Morgan fingerprint density at radius 2 is 1.96 bits per heavy atom. The molecule has 1 aliphatic heterocycles. The molecule has 0 aliphatic carbocycles. The number of carbonyl (C=O) groups excluding carboxylic acids is 1. The van der Waals surface area contributed by atoms with Crippen molar-refractivity contribution in [2.75, 3.05) is 12.0 Å². The number of ether oxygens (including phenoxy) is 1. The second kappa shape index (κ2) is 7.29. The molecule has 128 valence electrons. The molecule has 1 N–H and O–H groups in total. The molecule has 0 saturated carbocycles. The number of aryl methyl sites for hydroxylation is 1. The molecule has 3 rings (SSSR count). The van der Waals surface area contributed by atoms with Crippen LogP contribution < -0.4 is 9.64 Å². The molecule has 1 heterocycles. The number of thioether (sulfide) groups is 1. The maximum Gasteiger partial charge on any atom is 0.270 e. The molecule has 4 nitrogen and oxygen atoms in total. The largest absolute Gasteiger partial charge is 0.504 e. The third kappa shape index (κ3) is 3.41. The third-order valence-corrected chi connectivity index (χ3v) is 5.24. The Morgan fingerprint density at radius 3 is 2.60 bits per heavy atom. The van der Waals surface area contributed by atoms with Crippen molar-refractivity contribution >= 4 is 46.0 Å². The van der Waals surface area contributed by atoms with Gasteiger partial charge in [0.15, 0.2) is 15.8 Å². The number of thiocarbonyl (C=S) groups is 1. The summed E-state index contributed by atoms with van der Waals surface area (Å²) in [6.45, 7) is 2.08. The van der Waals surface area contributed by atoms with Gasteiger partial charge < -0.3 is 9.84 Å². The van der Waals surface area contributed by atoms with Crippen molar-refractivity contribution in [2.45, 2.75) is 13.3 Å². The van der Waals surface area contributed by atoms with Crippen molar-refractivity contribution in [1.29, 1.82) is 0 Å². The molecule has 1 aliphatic rings. The molecule has 0 radical (unpaired) electrons. The van der Waals surface area contributed by atoms with E-state index in [4.69, 9.17) is 17.0 Å². The van der Waals surface area contributed by atoms with Gasteiger partial charge in [0.1, 0.15) is 0 Å². The van der Waals surface area contributed by atoms with Gasteiger partial charge in [-0.25, -0.2) is 0 Å². The number of methoxy groups -OCH3 is 1. The highest BCUT2D eigenvalue weighted by molar-refractivity contribution is 8.27. The summed E-state index contributed by atoms with van der Waals surface area (Å²) in [5.74, 6) is 0.170. The number of para-hydroxylation sites is 1. The summed E-state index contributed by atoms with van der Waals surface area (Å²) in [6.07, 6.45) is 2.57. The van der Waals surface area contributed by atoms with E-state index in [1.165, 1.54) is 29.3 Å². The van der Waals surface area contributed by atoms with E-state index in [2.05, 4.69) is 6.92 Å². The first kappa shape index (κ1) is 17.5. The van der Waals surface area contributed by atoms with E-state index in [9.17, 15) is 9.90 Å². The van der Waals surface area contributed by atoms with Crippen LogP contribution in [-0.4, -0.2) is 22.4 Å². The highest BCUT2D eigenvalue weighted by atomic mass is 32.2. The Bertz CT molecular complexity index is 859. The number of hydrogen-bond donors (Lipinski definition) is 1. The quantitative estimate of drug-likeness (QED) is 0.639. The van der Waals surface area contributed by atoms with Crippen LogP contribution >= 0.6 is 24.0 Å². The summed E-state index contributed by atoms with van der Waals surface area (Å²) in [4.78, 5) is 14.8. The highest BCUT2D eigenvalue weighted by Crippen LogP contribution is 2.38. The maximum absolute atomic E-state index is 12.8. The summed E-state index contributed by atoms with van der Waals surface area (Å²) in [5, 5.41) is 10.2. The first-order valence-corrected chi connectivity index (χ1v) is 9.00. The molecule has 0 atom stereocenters. The minimum absolute atomic E-state index is 0.00238. The fraction of sp³-hybridized carbons (Fsp3) is 0.158. The Hall–Kier alpha value is -2.31. The van der Waals surface area contributed by atoms with Crippen LogP contribution in [0.2, 0.25) is 0 Å². The number of nitrogens with zero attached hydrogens (tertiary/aromatic N) is 1. The summed E-state index contributed by atoms with van der Waals surface area (Å²) in [7, 11) is 1.48. The number of amides is 1. The number of phenolic OH excluding ortho intramolecular Hbond substituents is 1. The average Bonchev–Trinajstić information content (AvgIpc) is 2.90. The number of hydrogen-bond acceptors (Lipinski definition) is 5. The predicted molar refractivity (Wildman–Crippen MR) is 106 cm³/mol. The van der Waals surface area contributed by atoms with Crippen molar-refractivity contribution in [3.63, 3.8) is 0 Å². The molecule has 6 heteroatoms. The molecule has 0 bridgehead atoms. The fourth-order valence-corrected chi connectivity index (χ4v) is 3.82. The number of carbonyl (C=O) groups is 1. The Balaban J connectivity index is 1.93. The third-order valence-electron chi connectivity index (χ3n) is 3.93. The van der Waals surface area contributed by atoms with E-state index in [1.807, 2.05) is 24.3 Å².